The number of fused-ring (bicyclic) bond motifs is 1. The summed E-state index contributed by atoms with van der Waals surface area (Å²) >= 11 is 0. The maximum absolute atomic E-state index is 11.5. The van der Waals surface area contributed by atoms with Gasteiger partial charge in [-0.15, -0.1) is 0 Å². The normalized spacial score (nSPS) is 10.7. The van der Waals surface area contributed by atoms with E-state index >= 15 is 0 Å². The number of furan rings is 1. The molecule has 2 N–H and O–H groups in total. The van der Waals surface area contributed by atoms with Gasteiger partial charge < -0.3 is 14.9 Å². The first-order valence-corrected chi connectivity index (χ1v) is 6.65. The first kappa shape index (κ1) is 13.2. The van der Waals surface area contributed by atoms with Crippen molar-refractivity contribution in [3.63, 3.8) is 0 Å². The third-order valence-corrected chi connectivity index (χ3v) is 3.33. The maximum Gasteiger partial charge on any atom is 0.252 e. The summed E-state index contributed by atoms with van der Waals surface area (Å²) in [5.41, 5.74) is 7.53. The van der Waals surface area contributed by atoms with Gasteiger partial charge in [-0.05, 0) is 30.7 Å². The van der Waals surface area contributed by atoms with Gasteiger partial charge in [0, 0.05) is 5.39 Å². The van der Waals surface area contributed by atoms with E-state index in [1.807, 2.05) is 36.4 Å². The number of primary amides is 1. The molecule has 2 aromatic carbocycles. The van der Waals surface area contributed by atoms with Crippen molar-refractivity contribution in [1.29, 1.82) is 0 Å². The van der Waals surface area contributed by atoms with Crippen LogP contribution in [-0.2, 0) is 6.61 Å². The molecule has 21 heavy (non-hydrogen) atoms. The van der Waals surface area contributed by atoms with E-state index in [1.54, 1.807) is 19.1 Å². The van der Waals surface area contributed by atoms with Gasteiger partial charge in [-0.2, -0.15) is 0 Å². The van der Waals surface area contributed by atoms with E-state index in [2.05, 4.69) is 0 Å². The molecule has 0 aliphatic rings. The van der Waals surface area contributed by atoms with Gasteiger partial charge in [-0.25, -0.2) is 0 Å². The maximum atomic E-state index is 11.5. The Morgan fingerprint density at radius 1 is 1.19 bits per heavy atom. The molecule has 0 saturated carbocycles. The zero-order valence-corrected chi connectivity index (χ0v) is 11.6. The number of ether oxygens (including phenoxy) is 1. The minimum atomic E-state index is -0.494. The number of hydrogen-bond acceptors (Lipinski definition) is 3. The van der Waals surface area contributed by atoms with Crippen molar-refractivity contribution in [1.82, 2.24) is 0 Å². The molecule has 4 heteroatoms. The summed E-state index contributed by atoms with van der Waals surface area (Å²) in [6.07, 6.45) is 0. The second-order valence-corrected chi connectivity index (χ2v) is 4.83. The molecule has 1 aromatic heterocycles. The predicted molar refractivity (Wildman–Crippen MR) is 80.2 cm³/mol. The Morgan fingerprint density at radius 2 is 1.95 bits per heavy atom. The van der Waals surface area contributed by atoms with Crippen molar-refractivity contribution in [2.24, 2.45) is 5.73 Å². The van der Waals surface area contributed by atoms with Crippen molar-refractivity contribution in [3.05, 3.63) is 65.4 Å². The zero-order chi connectivity index (χ0) is 14.8. The highest BCUT2D eigenvalue weighted by atomic mass is 16.5. The molecule has 0 unspecified atom stereocenters. The van der Waals surface area contributed by atoms with Crippen LogP contribution in [0.2, 0.25) is 0 Å². The number of carbonyl (C=O) groups excluding carboxylic acids is 1. The molecule has 0 fully saturated rings. The minimum Gasteiger partial charge on any atom is -0.489 e. The Labute approximate surface area is 122 Å². The Kier molecular flexibility index (Phi) is 3.36. The fraction of sp³-hybridized carbons (Fsp3) is 0.118. The van der Waals surface area contributed by atoms with Crippen LogP contribution in [0.15, 0.2) is 52.9 Å². The van der Waals surface area contributed by atoms with E-state index in [4.69, 9.17) is 14.9 Å². The summed E-state index contributed by atoms with van der Waals surface area (Å²) in [5, 5.41) is 0.686. The van der Waals surface area contributed by atoms with Gasteiger partial charge in [0.25, 0.3) is 5.91 Å². The molecule has 0 saturated heterocycles. The fourth-order valence-electron chi connectivity index (χ4n) is 2.34. The summed E-state index contributed by atoms with van der Waals surface area (Å²) < 4.78 is 11.3. The van der Waals surface area contributed by atoms with Crippen molar-refractivity contribution in [2.45, 2.75) is 13.5 Å². The van der Waals surface area contributed by atoms with Crippen molar-refractivity contribution in [2.75, 3.05) is 0 Å². The van der Waals surface area contributed by atoms with Crippen LogP contribution in [-0.4, -0.2) is 5.91 Å². The van der Waals surface area contributed by atoms with Gasteiger partial charge in [0.15, 0.2) is 0 Å². The summed E-state index contributed by atoms with van der Waals surface area (Å²) in [4.78, 5) is 11.5. The molecule has 3 rings (SSSR count). The number of rotatable bonds is 4. The van der Waals surface area contributed by atoms with Gasteiger partial charge in [0.05, 0.1) is 5.56 Å². The molecule has 0 spiro atoms. The number of amides is 1. The van der Waals surface area contributed by atoms with Crippen LogP contribution >= 0.6 is 0 Å². The highest BCUT2D eigenvalue weighted by molar-refractivity contribution is 6.06. The average Bonchev–Trinajstić information content (AvgIpc) is 2.81. The molecule has 1 heterocycles. The standard InChI is InChI=1S/C17H15NO3/c1-11-16(17(18)19)14-9-13(7-8-15(14)21-11)20-10-12-5-3-2-4-6-12/h2-9H,10H2,1H3,(H2,18,19). The van der Waals surface area contributed by atoms with Crippen LogP contribution in [0, 0.1) is 6.92 Å². The van der Waals surface area contributed by atoms with Crippen molar-refractivity contribution in [3.8, 4) is 5.75 Å². The summed E-state index contributed by atoms with van der Waals surface area (Å²) in [7, 11) is 0. The molecule has 106 valence electrons. The monoisotopic (exact) mass is 281 g/mol. The van der Waals surface area contributed by atoms with Gasteiger partial charge in [0.2, 0.25) is 0 Å². The fourth-order valence-corrected chi connectivity index (χ4v) is 2.34. The smallest absolute Gasteiger partial charge is 0.252 e. The van der Waals surface area contributed by atoms with Crippen LogP contribution in [0.3, 0.4) is 0 Å². The van der Waals surface area contributed by atoms with E-state index < -0.39 is 5.91 Å². The lowest BCUT2D eigenvalue weighted by Gasteiger charge is -2.06. The molecule has 0 radical (unpaired) electrons. The lowest BCUT2D eigenvalue weighted by atomic mass is 10.1. The molecular weight excluding hydrogens is 266 g/mol. The van der Waals surface area contributed by atoms with Gasteiger partial charge in [0.1, 0.15) is 23.7 Å². The zero-order valence-electron chi connectivity index (χ0n) is 11.6. The van der Waals surface area contributed by atoms with Gasteiger partial charge in [-0.3, -0.25) is 4.79 Å². The molecule has 3 aromatic rings. The molecule has 0 aliphatic carbocycles. The Balaban J connectivity index is 1.90. The number of benzene rings is 2. The van der Waals surface area contributed by atoms with E-state index in [-0.39, 0.29) is 0 Å². The molecule has 0 bridgehead atoms. The van der Waals surface area contributed by atoms with Crippen molar-refractivity contribution < 1.29 is 13.9 Å². The van der Waals surface area contributed by atoms with Crippen LogP contribution in [0.1, 0.15) is 21.7 Å². The van der Waals surface area contributed by atoms with E-state index in [0.717, 1.165) is 5.56 Å². The Bertz CT molecular complexity index is 790. The highest BCUT2D eigenvalue weighted by Crippen LogP contribution is 2.29. The first-order chi connectivity index (χ1) is 10.1. The van der Waals surface area contributed by atoms with Crippen molar-refractivity contribution >= 4 is 16.9 Å². The summed E-state index contributed by atoms with van der Waals surface area (Å²) in [5.74, 6) is 0.707. The minimum absolute atomic E-state index is 0.412. The average molecular weight is 281 g/mol. The summed E-state index contributed by atoms with van der Waals surface area (Å²) in [6.45, 7) is 2.19. The third kappa shape index (κ3) is 2.60. The molecule has 0 aliphatic heterocycles. The second kappa shape index (κ2) is 5.32. The number of nitrogens with two attached hydrogens (primary N) is 1. The van der Waals surface area contributed by atoms with E-state index in [0.29, 0.717) is 34.6 Å². The second-order valence-electron chi connectivity index (χ2n) is 4.83. The van der Waals surface area contributed by atoms with Crippen LogP contribution in [0.25, 0.3) is 11.0 Å². The van der Waals surface area contributed by atoms with E-state index in [9.17, 15) is 4.79 Å². The topological polar surface area (TPSA) is 65.5 Å². The highest BCUT2D eigenvalue weighted by Gasteiger charge is 2.16. The lowest BCUT2D eigenvalue weighted by molar-refractivity contribution is 0.1000. The lowest BCUT2D eigenvalue weighted by Crippen LogP contribution is -2.11. The third-order valence-electron chi connectivity index (χ3n) is 3.33. The Morgan fingerprint density at radius 3 is 2.67 bits per heavy atom. The molecule has 4 nitrogen and oxygen atoms in total. The molecular formula is C17H15NO3. The SMILES string of the molecule is Cc1oc2ccc(OCc3ccccc3)cc2c1C(N)=O. The van der Waals surface area contributed by atoms with Gasteiger partial charge >= 0.3 is 0 Å². The van der Waals surface area contributed by atoms with E-state index in [1.165, 1.54) is 0 Å². The molecule has 0 atom stereocenters. The first-order valence-electron chi connectivity index (χ1n) is 6.65. The van der Waals surface area contributed by atoms with Crippen LogP contribution in [0.4, 0.5) is 0 Å². The molecule has 1 amide bonds. The Hall–Kier alpha value is -2.75. The van der Waals surface area contributed by atoms with Crippen LogP contribution < -0.4 is 10.5 Å². The number of hydrogen-bond donors (Lipinski definition) is 1. The summed E-state index contributed by atoms with van der Waals surface area (Å²) in [6, 6.07) is 15.3. The van der Waals surface area contributed by atoms with Crippen LogP contribution in [0.5, 0.6) is 5.75 Å². The number of carbonyl (C=O) groups is 1. The van der Waals surface area contributed by atoms with Gasteiger partial charge in [-0.1, -0.05) is 30.3 Å². The number of aryl methyl sites for hydroxylation is 1. The largest absolute Gasteiger partial charge is 0.489 e. The predicted octanol–water partition coefficient (Wildman–Crippen LogP) is 3.42. The quantitative estimate of drug-likeness (QED) is 0.796.